The van der Waals surface area contributed by atoms with Crippen molar-refractivity contribution in [2.75, 3.05) is 19.8 Å². The lowest BCUT2D eigenvalue weighted by Crippen LogP contribution is -2.28. The Balaban J connectivity index is 2.62. The molecule has 1 aromatic carbocycles. The van der Waals surface area contributed by atoms with Crippen LogP contribution in [-0.2, 0) is 14.8 Å². The van der Waals surface area contributed by atoms with Gasteiger partial charge in [0.15, 0.2) is 0 Å². The molecule has 8 heteroatoms. The predicted octanol–water partition coefficient (Wildman–Crippen LogP) is 1.66. The molecule has 0 aromatic heterocycles. The van der Waals surface area contributed by atoms with E-state index in [1.54, 1.807) is 12.1 Å². The Bertz CT molecular complexity index is 538. The molecular weight excluding hydrogens is 302 g/mol. The number of ether oxygens (including phenoxy) is 1. The number of nitrogens with two attached hydrogens (primary N) is 1. The second-order valence-electron chi connectivity index (χ2n) is 4.45. The van der Waals surface area contributed by atoms with Crippen LogP contribution in [0.3, 0.4) is 0 Å². The van der Waals surface area contributed by atoms with E-state index in [1.807, 2.05) is 6.92 Å². The van der Waals surface area contributed by atoms with Crippen LogP contribution < -0.4 is 10.5 Å². The van der Waals surface area contributed by atoms with E-state index >= 15 is 0 Å². The van der Waals surface area contributed by atoms with E-state index < -0.39 is 23.1 Å². The Morgan fingerprint density at radius 1 is 1.38 bits per heavy atom. The summed E-state index contributed by atoms with van der Waals surface area (Å²) in [4.78, 5) is 0.0951. The van der Waals surface area contributed by atoms with Gasteiger partial charge in [0.2, 0.25) is 10.0 Å². The van der Waals surface area contributed by atoms with Gasteiger partial charge in [0.05, 0.1) is 11.5 Å². The van der Waals surface area contributed by atoms with Gasteiger partial charge in [-0.1, -0.05) is 19.1 Å². The minimum Gasteiger partial charge on any atom is -0.374 e. The van der Waals surface area contributed by atoms with Crippen molar-refractivity contribution < 1.29 is 21.9 Å². The molecule has 1 atom stereocenters. The minimum absolute atomic E-state index is 0.0703. The van der Waals surface area contributed by atoms with Crippen molar-refractivity contribution in [1.29, 1.82) is 0 Å². The Labute approximate surface area is 123 Å². The zero-order chi connectivity index (χ0) is 15.9. The molecular formula is C13H20F2N2O3S. The predicted molar refractivity (Wildman–Crippen MR) is 75.7 cm³/mol. The summed E-state index contributed by atoms with van der Waals surface area (Å²) in [6.07, 6.45) is -1.87. The summed E-state index contributed by atoms with van der Waals surface area (Å²) >= 11 is 0. The van der Waals surface area contributed by atoms with E-state index in [0.29, 0.717) is 6.42 Å². The summed E-state index contributed by atoms with van der Waals surface area (Å²) in [6.45, 7) is 1.02. The molecule has 5 nitrogen and oxygen atoms in total. The first kappa shape index (κ1) is 18.0. The van der Waals surface area contributed by atoms with Crippen molar-refractivity contribution in [2.45, 2.75) is 30.7 Å². The normalized spacial score (nSPS) is 13.6. The average molecular weight is 322 g/mol. The Morgan fingerprint density at radius 2 is 2.10 bits per heavy atom. The molecule has 0 aliphatic carbocycles. The zero-order valence-electron chi connectivity index (χ0n) is 11.8. The van der Waals surface area contributed by atoms with Gasteiger partial charge in [-0.25, -0.2) is 21.9 Å². The summed E-state index contributed by atoms with van der Waals surface area (Å²) in [6, 6.07) is 6.12. The summed E-state index contributed by atoms with van der Waals surface area (Å²) < 4.78 is 54.7. The highest BCUT2D eigenvalue weighted by Gasteiger charge is 2.15. The fourth-order valence-electron chi connectivity index (χ4n) is 1.65. The SMILES string of the molecule is CCC(N)c1cccc(S(=O)(=O)NCCOCC(F)F)c1. The molecule has 0 amide bonds. The van der Waals surface area contributed by atoms with E-state index in [0.717, 1.165) is 5.56 Å². The highest BCUT2D eigenvalue weighted by atomic mass is 32.2. The summed E-state index contributed by atoms with van der Waals surface area (Å²) in [5.41, 5.74) is 6.60. The molecule has 0 fully saturated rings. The van der Waals surface area contributed by atoms with Gasteiger partial charge in [0.25, 0.3) is 6.43 Å². The van der Waals surface area contributed by atoms with Crippen LogP contribution >= 0.6 is 0 Å². The molecule has 1 rings (SSSR count). The van der Waals surface area contributed by atoms with Crippen molar-refractivity contribution in [3.8, 4) is 0 Å². The lowest BCUT2D eigenvalue weighted by Gasteiger charge is -2.12. The van der Waals surface area contributed by atoms with Crippen LogP contribution in [0.1, 0.15) is 24.9 Å². The molecule has 3 N–H and O–H groups in total. The number of nitrogens with one attached hydrogen (secondary N) is 1. The average Bonchev–Trinajstić information content (AvgIpc) is 2.45. The molecule has 0 saturated carbocycles. The molecule has 21 heavy (non-hydrogen) atoms. The maximum absolute atomic E-state index is 12.0. The van der Waals surface area contributed by atoms with Gasteiger partial charge in [-0.15, -0.1) is 0 Å². The highest BCUT2D eigenvalue weighted by molar-refractivity contribution is 7.89. The summed E-state index contributed by atoms with van der Waals surface area (Å²) in [5, 5.41) is 0. The topological polar surface area (TPSA) is 81.4 Å². The van der Waals surface area contributed by atoms with Crippen LogP contribution in [-0.4, -0.2) is 34.6 Å². The number of benzene rings is 1. The van der Waals surface area contributed by atoms with Crippen molar-refractivity contribution >= 4 is 10.0 Å². The summed E-state index contributed by atoms with van der Waals surface area (Å²) in [7, 11) is -3.70. The fourth-order valence-corrected chi connectivity index (χ4v) is 2.72. The van der Waals surface area contributed by atoms with Gasteiger partial charge in [0.1, 0.15) is 6.61 Å². The van der Waals surface area contributed by atoms with Gasteiger partial charge < -0.3 is 10.5 Å². The van der Waals surface area contributed by atoms with E-state index in [-0.39, 0.29) is 24.1 Å². The van der Waals surface area contributed by atoms with Crippen LogP contribution in [0.15, 0.2) is 29.2 Å². The third-order valence-electron chi connectivity index (χ3n) is 2.82. The molecule has 0 aliphatic rings. The minimum atomic E-state index is -3.70. The number of sulfonamides is 1. The maximum atomic E-state index is 12.0. The molecule has 0 bridgehead atoms. The van der Waals surface area contributed by atoms with Gasteiger partial charge >= 0.3 is 0 Å². The van der Waals surface area contributed by atoms with E-state index in [2.05, 4.69) is 9.46 Å². The summed E-state index contributed by atoms with van der Waals surface area (Å²) in [5.74, 6) is 0. The van der Waals surface area contributed by atoms with Gasteiger partial charge in [-0.2, -0.15) is 0 Å². The Kier molecular flexibility index (Phi) is 7.16. The van der Waals surface area contributed by atoms with Gasteiger partial charge in [-0.05, 0) is 24.1 Å². The lowest BCUT2D eigenvalue weighted by molar-refractivity contribution is 0.0199. The molecule has 1 unspecified atom stereocenters. The van der Waals surface area contributed by atoms with Crippen molar-refractivity contribution in [2.24, 2.45) is 5.73 Å². The number of hydrogen-bond acceptors (Lipinski definition) is 4. The van der Waals surface area contributed by atoms with Crippen molar-refractivity contribution in [3.05, 3.63) is 29.8 Å². The second-order valence-corrected chi connectivity index (χ2v) is 6.22. The van der Waals surface area contributed by atoms with Crippen LogP contribution in [0.2, 0.25) is 0 Å². The maximum Gasteiger partial charge on any atom is 0.261 e. The molecule has 1 aromatic rings. The zero-order valence-corrected chi connectivity index (χ0v) is 12.6. The third kappa shape index (κ3) is 6.04. The quantitative estimate of drug-likeness (QED) is 0.678. The Hall–Kier alpha value is -1.09. The molecule has 0 aliphatic heterocycles. The van der Waals surface area contributed by atoms with Crippen molar-refractivity contribution in [3.63, 3.8) is 0 Å². The first-order valence-electron chi connectivity index (χ1n) is 6.58. The van der Waals surface area contributed by atoms with Crippen LogP contribution in [0.25, 0.3) is 0 Å². The van der Waals surface area contributed by atoms with Crippen LogP contribution in [0.4, 0.5) is 8.78 Å². The van der Waals surface area contributed by atoms with Gasteiger partial charge in [-0.3, -0.25) is 0 Å². The number of hydrogen-bond donors (Lipinski definition) is 2. The number of rotatable bonds is 9. The largest absolute Gasteiger partial charge is 0.374 e. The van der Waals surface area contributed by atoms with Crippen LogP contribution in [0, 0.1) is 0 Å². The number of halogens is 2. The standard InChI is InChI=1S/C13H20F2N2O3S/c1-2-12(16)10-4-3-5-11(8-10)21(18,19)17-6-7-20-9-13(14)15/h3-5,8,12-13,17H,2,6-7,9,16H2,1H3. The molecule has 0 saturated heterocycles. The molecule has 0 radical (unpaired) electrons. The lowest BCUT2D eigenvalue weighted by atomic mass is 10.1. The smallest absolute Gasteiger partial charge is 0.261 e. The Morgan fingerprint density at radius 3 is 2.71 bits per heavy atom. The molecule has 0 spiro atoms. The number of alkyl halides is 2. The third-order valence-corrected chi connectivity index (χ3v) is 4.28. The van der Waals surface area contributed by atoms with Gasteiger partial charge in [0, 0.05) is 12.6 Å². The first-order valence-corrected chi connectivity index (χ1v) is 8.06. The fraction of sp³-hybridized carbons (Fsp3) is 0.538. The van der Waals surface area contributed by atoms with Crippen LogP contribution in [0.5, 0.6) is 0 Å². The molecule has 120 valence electrons. The van der Waals surface area contributed by atoms with E-state index in [1.165, 1.54) is 12.1 Å². The first-order chi connectivity index (χ1) is 9.86. The van der Waals surface area contributed by atoms with E-state index in [4.69, 9.17) is 5.73 Å². The van der Waals surface area contributed by atoms with Crippen molar-refractivity contribution in [1.82, 2.24) is 4.72 Å². The van der Waals surface area contributed by atoms with E-state index in [9.17, 15) is 17.2 Å². The molecule has 0 heterocycles. The monoisotopic (exact) mass is 322 g/mol. The highest BCUT2D eigenvalue weighted by Crippen LogP contribution is 2.18. The second kappa shape index (κ2) is 8.38.